The fraction of sp³-hybridized carbons (Fsp3) is 0.938. The summed E-state index contributed by atoms with van der Waals surface area (Å²) in [5, 5.41) is 3.50. The van der Waals surface area contributed by atoms with Crippen LogP contribution in [0.3, 0.4) is 0 Å². The normalized spacial score (nSPS) is 26.5. The van der Waals surface area contributed by atoms with Gasteiger partial charge in [0.2, 0.25) is 5.91 Å². The first-order chi connectivity index (χ1) is 9.76. The predicted octanol–water partition coefficient (Wildman–Crippen LogP) is 2.53. The van der Waals surface area contributed by atoms with Crippen molar-refractivity contribution in [3.63, 3.8) is 0 Å². The zero-order chi connectivity index (χ0) is 14.4. The summed E-state index contributed by atoms with van der Waals surface area (Å²) in [6.45, 7) is 6.86. The molecule has 1 heterocycles. The Morgan fingerprint density at radius 3 is 2.65 bits per heavy atom. The molecule has 1 aliphatic carbocycles. The van der Waals surface area contributed by atoms with Gasteiger partial charge in [-0.15, -0.1) is 0 Å². The second-order valence-corrected chi connectivity index (χ2v) is 6.22. The van der Waals surface area contributed by atoms with Crippen LogP contribution in [0.4, 0.5) is 0 Å². The number of ether oxygens (including phenoxy) is 1. The van der Waals surface area contributed by atoms with Crippen molar-refractivity contribution in [1.82, 2.24) is 10.2 Å². The van der Waals surface area contributed by atoms with Crippen LogP contribution in [0.1, 0.15) is 58.8 Å². The van der Waals surface area contributed by atoms with Crippen molar-refractivity contribution in [2.24, 2.45) is 5.92 Å². The van der Waals surface area contributed by atoms with Crippen molar-refractivity contribution in [1.29, 1.82) is 0 Å². The van der Waals surface area contributed by atoms with Crippen LogP contribution in [0.5, 0.6) is 0 Å². The lowest BCUT2D eigenvalue weighted by Gasteiger charge is -2.23. The van der Waals surface area contributed by atoms with E-state index in [-0.39, 0.29) is 12.2 Å². The van der Waals surface area contributed by atoms with Crippen LogP contribution >= 0.6 is 0 Å². The van der Waals surface area contributed by atoms with Gasteiger partial charge in [0.15, 0.2) is 0 Å². The summed E-state index contributed by atoms with van der Waals surface area (Å²) in [5.41, 5.74) is 0. The summed E-state index contributed by atoms with van der Waals surface area (Å²) in [6.07, 6.45) is 8.05. The first-order valence-electron chi connectivity index (χ1n) is 8.40. The molecule has 2 aliphatic rings. The average Bonchev–Trinajstić information content (AvgIpc) is 3.20. The van der Waals surface area contributed by atoms with E-state index in [1.807, 2.05) is 4.90 Å². The quantitative estimate of drug-likeness (QED) is 0.626. The molecule has 1 amide bonds. The molecule has 0 aromatic carbocycles. The number of hydrogen-bond donors (Lipinski definition) is 1. The van der Waals surface area contributed by atoms with Gasteiger partial charge in [-0.3, -0.25) is 10.1 Å². The van der Waals surface area contributed by atoms with Crippen LogP contribution < -0.4 is 5.32 Å². The second kappa shape index (κ2) is 7.99. The molecule has 2 unspecified atom stereocenters. The molecule has 20 heavy (non-hydrogen) atoms. The standard InChI is InChI=1S/C16H30N2O2/c1-3-6-14-16(19)18(15(17-14)7-4-2)10-5-11-20-12-13-8-9-13/h13-15,17H,3-12H2,1-2H3. The van der Waals surface area contributed by atoms with E-state index in [0.29, 0.717) is 5.91 Å². The zero-order valence-electron chi connectivity index (χ0n) is 13.1. The molecule has 1 saturated carbocycles. The van der Waals surface area contributed by atoms with Gasteiger partial charge in [0, 0.05) is 19.8 Å². The number of hydrogen-bond acceptors (Lipinski definition) is 3. The second-order valence-electron chi connectivity index (χ2n) is 6.22. The zero-order valence-corrected chi connectivity index (χ0v) is 13.1. The van der Waals surface area contributed by atoms with Gasteiger partial charge in [0.1, 0.15) is 0 Å². The van der Waals surface area contributed by atoms with Gasteiger partial charge in [-0.1, -0.05) is 26.7 Å². The molecule has 0 spiro atoms. The van der Waals surface area contributed by atoms with Crippen LogP contribution in [0.25, 0.3) is 0 Å². The first kappa shape index (κ1) is 15.8. The highest BCUT2D eigenvalue weighted by Gasteiger charge is 2.36. The summed E-state index contributed by atoms with van der Waals surface area (Å²) in [4.78, 5) is 14.4. The molecule has 1 N–H and O–H groups in total. The highest BCUT2D eigenvalue weighted by atomic mass is 16.5. The summed E-state index contributed by atoms with van der Waals surface area (Å²) >= 11 is 0. The Hall–Kier alpha value is -0.610. The molecule has 0 bridgehead atoms. The maximum atomic E-state index is 12.4. The third-order valence-electron chi connectivity index (χ3n) is 4.23. The van der Waals surface area contributed by atoms with Gasteiger partial charge in [-0.2, -0.15) is 0 Å². The Kier molecular flexibility index (Phi) is 6.30. The average molecular weight is 282 g/mol. The van der Waals surface area contributed by atoms with Gasteiger partial charge in [0.05, 0.1) is 12.2 Å². The molecule has 2 fully saturated rings. The Morgan fingerprint density at radius 2 is 2.00 bits per heavy atom. The monoisotopic (exact) mass is 282 g/mol. The van der Waals surface area contributed by atoms with Gasteiger partial charge in [0.25, 0.3) is 0 Å². The summed E-state index contributed by atoms with van der Waals surface area (Å²) in [5.74, 6) is 1.12. The third kappa shape index (κ3) is 4.45. The Labute approximate surface area is 123 Å². The SMILES string of the molecule is CCCC1NC(CCC)N(CCCOCC2CC2)C1=O. The lowest BCUT2D eigenvalue weighted by Crippen LogP contribution is -2.38. The summed E-state index contributed by atoms with van der Waals surface area (Å²) in [6, 6.07) is 0.0453. The van der Waals surface area contributed by atoms with E-state index in [0.717, 1.165) is 57.8 Å². The van der Waals surface area contributed by atoms with Crippen LogP contribution in [-0.2, 0) is 9.53 Å². The van der Waals surface area contributed by atoms with Crippen molar-refractivity contribution in [2.45, 2.75) is 71.0 Å². The minimum atomic E-state index is 0.0453. The van der Waals surface area contributed by atoms with E-state index in [9.17, 15) is 4.79 Å². The van der Waals surface area contributed by atoms with Gasteiger partial charge < -0.3 is 9.64 Å². The molecule has 4 heteroatoms. The van der Waals surface area contributed by atoms with Crippen molar-refractivity contribution in [2.75, 3.05) is 19.8 Å². The number of nitrogens with zero attached hydrogens (tertiary/aromatic N) is 1. The minimum Gasteiger partial charge on any atom is -0.381 e. The molecule has 2 rings (SSSR count). The topological polar surface area (TPSA) is 41.6 Å². The fourth-order valence-electron chi connectivity index (χ4n) is 2.89. The van der Waals surface area contributed by atoms with Crippen molar-refractivity contribution >= 4 is 5.91 Å². The van der Waals surface area contributed by atoms with Crippen LogP contribution in [0.15, 0.2) is 0 Å². The number of carbonyl (C=O) groups excluding carboxylic acids is 1. The molecule has 2 atom stereocenters. The van der Waals surface area contributed by atoms with Crippen molar-refractivity contribution < 1.29 is 9.53 Å². The van der Waals surface area contributed by atoms with E-state index >= 15 is 0 Å². The maximum Gasteiger partial charge on any atom is 0.241 e. The highest BCUT2D eigenvalue weighted by Crippen LogP contribution is 2.28. The van der Waals surface area contributed by atoms with Gasteiger partial charge in [-0.25, -0.2) is 0 Å². The number of amides is 1. The predicted molar refractivity (Wildman–Crippen MR) is 80.4 cm³/mol. The van der Waals surface area contributed by atoms with Crippen molar-refractivity contribution in [3.05, 3.63) is 0 Å². The van der Waals surface area contributed by atoms with E-state index in [2.05, 4.69) is 19.2 Å². The van der Waals surface area contributed by atoms with E-state index in [4.69, 9.17) is 4.74 Å². The largest absolute Gasteiger partial charge is 0.381 e. The summed E-state index contributed by atoms with van der Waals surface area (Å²) in [7, 11) is 0. The van der Waals surface area contributed by atoms with Gasteiger partial charge >= 0.3 is 0 Å². The van der Waals surface area contributed by atoms with Crippen LogP contribution in [-0.4, -0.2) is 42.8 Å². The molecular formula is C16H30N2O2. The maximum absolute atomic E-state index is 12.4. The third-order valence-corrected chi connectivity index (χ3v) is 4.23. The highest BCUT2D eigenvalue weighted by molar-refractivity contribution is 5.84. The number of nitrogens with one attached hydrogen (secondary N) is 1. The van der Waals surface area contributed by atoms with Crippen LogP contribution in [0.2, 0.25) is 0 Å². The number of rotatable bonds is 10. The molecule has 116 valence electrons. The minimum absolute atomic E-state index is 0.0453. The number of carbonyl (C=O) groups is 1. The Morgan fingerprint density at radius 1 is 1.25 bits per heavy atom. The van der Waals surface area contributed by atoms with Crippen molar-refractivity contribution in [3.8, 4) is 0 Å². The molecule has 0 radical (unpaired) electrons. The van der Waals surface area contributed by atoms with Crippen LogP contribution in [0, 0.1) is 5.92 Å². The first-order valence-corrected chi connectivity index (χ1v) is 8.40. The van der Waals surface area contributed by atoms with E-state index < -0.39 is 0 Å². The molecule has 1 saturated heterocycles. The molecular weight excluding hydrogens is 252 g/mol. The molecule has 0 aromatic heterocycles. The smallest absolute Gasteiger partial charge is 0.241 e. The lowest BCUT2D eigenvalue weighted by atomic mass is 10.2. The summed E-state index contributed by atoms with van der Waals surface area (Å²) < 4.78 is 5.66. The molecule has 4 nitrogen and oxygen atoms in total. The van der Waals surface area contributed by atoms with E-state index in [1.54, 1.807) is 0 Å². The van der Waals surface area contributed by atoms with E-state index in [1.165, 1.54) is 12.8 Å². The lowest BCUT2D eigenvalue weighted by molar-refractivity contribution is -0.130. The van der Waals surface area contributed by atoms with Gasteiger partial charge in [-0.05, 0) is 38.0 Å². The Balaban J connectivity index is 1.71. The Bertz CT molecular complexity index is 305. The fourth-order valence-corrected chi connectivity index (χ4v) is 2.89. The molecule has 0 aromatic rings. The molecule has 1 aliphatic heterocycles.